The van der Waals surface area contributed by atoms with Crippen molar-refractivity contribution in [3.05, 3.63) is 29.8 Å². The fourth-order valence-corrected chi connectivity index (χ4v) is 3.11. The number of nitrogens with one attached hydrogen (secondary N) is 2. The number of anilines is 1. The molecule has 0 spiro atoms. The van der Waals surface area contributed by atoms with Crippen LogP contribution in [0.1, 0.15) is 5.56 Å². The molecule has 1 amide bonds. The summed E-state index contributed by atoms with van der Waals surface area (Å²) in [5.41, 5.74) is 2.44. The maximum absolute atomic E-state index is 12.5. The Kier molecular flexibility index (Phi) is 3.53. The number of carbonyl (C=O) groups excluding carboxylic acids is 1. The average molecular weight is 261 g/mol. The highest BCUT2D eigenvalue weighted by Crippen LogP contribution is 2.26. The van der Waals surface area contributed by atoms with Gasteiger partial charge in [-0.2, -0.15) is 0 Å². The van der Waals surface area contributed by atoms with Gasteiger partial charge in [-0.15, -0.1) is 0 Å². The fourth-order valence-electron chi connectivity index (χ4n) is 3.11. The number of amides is 1. The van der Waals surface area contributed by atoms with Gasteiger partial charge in [-0.05, 0) is 18.1 Å². The van der Waals surface area contributed by atoms with Gasteiger partial charge in [0, 0.05) is 12.2 Å². The molecule has 4 nitrogen and oxygen atoms in total. The molecule has 0 saturated carbocycles. The number of para-hydroxylation sites is 1. The highest BCUT2D eigenvalue weighted by molar-refractivity contribution is 5.96. The number of hydrogen-bond donors (Lipinski definition) is 2. The minimum absolute atomic E-state index is 0.291. The molecule has 1 saturated heterocycles. The quantitative estimate of drug-likeness (QED) is 0.633. The van der Waals surface area contributed by atoms with Crippen molar-refractivity contribution < 1.29 is 14.6 Å². The molecule has 0 aliphatic carbocycles. The first-order valence-electron chi connectivity index (χ1n) is 7.27. The number of likely N-dealkylation sites (N-methyl/N-ethyl adjacent to an activating group) is 1. The Morgan fingerprint density at radius 3 is 2.74 bits per heavy atom. The van der Waals surface area contributed by atoms with E-state index in [4.69, 9.17) is 0 Å². The van der Waals surface area contributed by atoms with Crippen molar-refractivity contribution in [2.75, 3.05) is 51.2 Å². The lowest BCUT2D eigenvalue weighted by atomic mass is 10.2. The van der Waals surface area contributed by atoms with E-state index in [-0.39, 0.29) is 0 Å². The van der Waals surface area contributed by atoms with Crippen LogP contribution in [0.15, 0.2) is 24.3 Å². The number of piperazine rings is 1. The van der Waals surface area contributed by atoms with Crippen molar-refractivity contribution in [3.8, 4) is 0 Å². The summed E-state index contributed by atoms with van der Waals surface area (Å²) in [6.07, 6.45) is 1.00. The molecule has 2 aliphatic heterocycles. The molecular formula is C15H23N3O+2. The summed E-state index contributed by atoms with van der Waals surface area (Å²) in [7, 11) is 2.23. The Morgan fingerprint density at radius 1 is 1.21 bits per heavy atom. The van der Waals surface area contributed by atoms with Crippen molar-refractivity contribution >= 4 is 11.6 Å². The summed E-state index contributed by atoms with van der Waals surface area (Å²) in [6.45, 7) is 6.11. The molecule has 19 heavy (non-hydrogen) atoms. The summed E-state index contributed by atoms with van der Waals surface area (Å²) >= 11 is 0. The first kappa shape index (κ1) is 12.6. The van der Waals surface area contributed by atoms with Gasteiger partial charge in [0.25, 0.3) is 5.91 Å². The molecule has 102 valence electrons. The van der Waals surface area contributed by atoms with Gasteiger partial charge in [0.15, 0.2) is 6.54 Å². The van der Waals surface area contributed by atoms with Crippen molar-refractivity contribution in [3.63, 3.8) is 0 Å². The third kappa shape index (κ3) is 2.65. The highest BCUT2D eigenvalue weighted by atomic mass is 16.2. The van der Waals surface area contributed by atoms with E-state index < -0.39 is 0 Å². The van der Waals surface area contributed by atoms with E-state index in [1.54, 1.807) is 4.90 Å². The molecule has 2 aliphatic rings. The molecular weight excluding hydrogens is 238 g/mol. The van der Waals surface area contributed by atoms with Gasteiger partial charge < -0.3 is 14.7 Å². The number of fused-ring (bicyclic) bond motifs is 1. The third-order valence-corrected chi connectivity index (χ3v) is 4.40. The van der Waals surface area contributed by atoms with Crippen molar-refractivity contribution in [2.45, 2.75) is 6.42 Å². The highest BCUT2D eigenvalue weighted by Gasteiger charge is 2.29. The zero-order valence-electron chi connectivity index (χ0n) is 11.6. The maximum atomic E-state index is 12.5. The standard InChI is InChI=1S/C15H21N3O/c1-16-8-10-17(11-9-16)12-15(19)18-7-6-13-4-2-3-5-14(13)18/h2-5H,6-12H2,1H3/p+2. The van der Waals surface area contributed by atoms with Crippen LogP contribution in [0.4, 0.5) is 5.69 Å². The predicted molar refractivity (Wildman–Crippen MR) is 74.7 cm³/mol. The number of quaternary nitrogens is 2. The summed E-state index contributed by atoms with van der Waals surface area (Å²) in [5.74, 6) is 0.291. The molecule has 0 radical (unpaired) electrons. The van der Waals surface area contributed by atoms with Gasteiger partial charge in [-0.1, -0.05) is 18.2 Å². The monoisotopic (exact) mass is 261 g/mol. The second-order valence-electron chi connectivity index (χ2n) is 5.81. The van der Waals surface area contributed by atoms with E-state index in [1.165, 1.54) is 23.6 Å². The molecule has 0 aromatic heterocycles. The van der Waals surface area contributed by atoms with Gasteiger partial charge in [-0.3, -0.25) is 4.79 Å². The Morgan fingerprint density at radius 2 is 1.95 bits per heavy atom. The largest absolute Gasteiger partial charge is 0.328 e. The van der Waals surface area contributed by atoms with E-state index in [9.17, 15) is 4.79 Å². The van der Waals surface area contributed by atoms with E-state index >= 15 is 0 Å². The molecule has 2 heterocycles. The lowest BCUT2D eigenvalue weighted by Crippen LogP contribution is -3.27. The summed E-state index contributed by atoms with van der Waals surface area (Å²) < 4.78 is 0. The van der Waals surface area contributed by atoms with Crippen LogP contribution in [0.2, 0.25) is 0 Å². The first-order chi connectivity index (χ1) is 9.24. The van der Waals surface area contributed by atoms with Crippen molar-refractivity contribution in [2.24, 2.45) is 0 Å². The Labute approximate surface area is 114 Å². The number of carbonyl (C=O) groups is 1. The molecule has 2 N–H and O–H groups in total. The molecule has 0 unspecified atom stereocenters. The zero-order chi connectivity index (χ0) is 13.2. The fraction of sp³-hybridized carbons (Fsp3) is 0.533. The van der Waals surface area contributed by atoms with E-state index in [0.29, 0.717) is 12.5 Å². The Bertz CT molecular complexity index is 466. The second-order valence-corrected chi connectivity index (χ2v) is 5.81. The predicted octanol–water partition coefficient (Wildman–Crippen LogP) is -2.01. The van der Waals surface area contributed by atoms with Gasteiger partial charge in [0.2, 0.25) is 0 Å². The van der Waals surface area contributed by atoms with Crippen molar-refractivity contribution in [1.29, 1.82) is 0 Å². The van der Waals surface area contributed by atoms with Gasteiger partial charge in [-0.25, -0.2) is 0 Å². The van der Waals surface area contributed by atoms with Crippen LogP contribution in [0, 0.1) is 0 Å². The molecule has 1 fully saturated rings. The smallest absolute Gasteiger partial charge is 0.282 e. The SMILES string of the molecule is C[NH+]1CC[NH+](CC(=O)N2CCc3ccccc32)CC1. The minimum atomic E-state index is 0.291. The van der Waals surface area contributed by atoms with Crippen LogP contribution in [0.5, 0.6) is 0 Å². The lowest BCUT2D eigenvalue weighted by molar-refractivity contribution is -1.000. The minimum Gasteiger partial charge on any atom is -0.328 e. The third-order valence-electron chi connectivity index (χ3n) is 4.40. The average Bonchev–Trinajstić information content (AvgIpc) is 2.85. The summed E-state index contributed by atoms with van der Waals surface area (Å²) in [4.78, 5) is 17.5. The van der Waals surface area contributed by atoms with Crippen LogP contribution in [-0.4, -0.2) is 52.2 Å². The van der Waals surface area contributed by atoms with Gasteiger partial charge in [0.1, 0.15) is 26.2 Å². The number of benzene rings is 1. The van der Waals surface area contributed by atoms with Crippen LogP contribution in [0.25, 0.3) is 0 Å². The molecule has 1 aromatic carbocycles. The Balaban J connectivity index is 1.63. The second kappa shape index (κ2) is 5.31. The Hall–Kier alpha value is -1.39. The number of nitrogens with zero attached hydrogens (tertiary/aromatic N) is 1. The molecule has 0 bridgehead atoms. The normalized spacial score (nSPS) is 26.3. The summed E-state index contributed by atoms with van der Waals surface area (Å²) in [5, 5.41) is 0. The molecule has 3 rings (SSSR count). The number of hydrogen-bond acceptors (Lipinski definition) is 1. The molecule has 1 aromatic rings. The van der Waals surface area contributed by atoms with Gasteiger partial charge in [0.05, 0.1) is 7.05 Å². The molecule has 0 atom stereocenters. The number of rotatable bonds is 2. The topological polar surface area (TPSA) is 29.2 Å². The van der Waals surface area contributed by atoms with E-state index in [2.05, 4.69) is 25.2 Å². The van der Waals surface area contributed by atoms with E-state index in [0.717, 1.165) is 31.7 Å². The van der Waals surface area contributed by atoms with Crippen LogP contribution >= 0.6 is 0 Å². The van der Waals surface area contributed by atoms with Crippen LogP contribution < -0.4 is 14.7 Å². The summed E-state index contributed by atoms with van der Waals surface area (Å²) in [6, 6.07) is 8.29. The van der Waals surface area contributed by atoms with E-state index in [1.807, 2.05) is 11.0 Å². The van der Waals surface area contributed by atoms with Crippen LogP contribution in [0.3, 0.4) is 0 Å². The molecule has 4 heteroatoms. The lowest BCUT2D eigenvalue weighted by Gasteiger charge is -2.28. The van der Waals surface area contributed by atoms with Crippen LogP contribution in [-0.2, 0) is 11.2 Å². The zero-order valence-corrected chi connectivity index (χ0v) is 11.6. The van der Waals surface area contributed by atoms with Crippen molar-refractivity contribution in [1.82, 2.24) is 0 Å². The van der Waals surface area contributed by atoms with Gasteiger partial charge >= 0.3 is 0 Å². The maximum Gasteiger partial charge on any atom is 0.282 e. The first-order valence-corrected chi connectivity index (χ1v) is 7.27.